The Balaban J connectivity index is 1.58. The number of aromatic amines is 2. The molecule has 1 atom stereocenters. The van der Waals surface area contributed by atoms with E-state index in [1.807, 2.05) is 18.3 Å². The molecule has 1 unspecified atom stereocenters. The van der Waals surface area contributed by atoms with Crippen LogP contribution in [0.4, 0.5) is 0 Å². The van der Waals surface area contributed by atoms with Gasteiger partial charge in [0.05, 0.1) is 20.3 Å². The largest absolute Gasteiger partial charge is 0.493 e. The molecule has 172 valence electrons. The lowest BCUT2D eigenvalue weighted by Gasteiger charge is -2.36. The lowest BCUT2D eigenvalue weighted by molar-refractivity contribution is 0.195. The molecule has 5 rings (SSSR count). The summed E-state index contributed by atoms with van der Waals surface area (Å²) in [5, 5.41) is 1.31. The van der Waals surface area contributed by atoms with Gasteiger partial charge in [-0.2, -0.15) is 0 Å². The molecule has 1 aliphatic rings. The number of H-pyrrole nitrogens is 2. The Morgan fingerprint density at radius 2 is 1.94 bits per heavy atom. The Kier molecular flexibility index (Phi) is 6.09. The number of benzene rings is 2. The average molecular weight is 445 g/mol. The van der Waals surface area contributed by atoms with Crippen molar-refractivity contribution in [2.75, 3.05) is 20.8 Å². The number of aromatic nitrogens is 3. The zero-order valence-corrected chi connectivity index (χ0v) is 19.6. The molecule has 33 heavy (non-hydrogen) atoms. The van der Waals surface area contributed by atoms with Crippen molar-refractivity contribution in [3.63, 3.8) is 0 Å². The summed E-state index contributed by atoms with van der Waals surface area (Å²) in [6.45, 7) is 3.95. The lowest BCUT2D eigenvalue weighted by Crippen LogP contribution is -2.36. The summed E-state index contributed by atoms with van der Waals surface area (Å²) in [7, 11) is 3.41. The zero-order chi connectivity index (χ0) is 22.8. The number of aryl methyl sites for hydroxylation is 1. The minimum absolute atomic E-state index is 0.0218. The predicted octanol–water partition coefficient (Wildman–Crippen LogP) is 5.40. The van der Waals surface area contributed by atoms with Crippen molar-refractivity contribution in [3.8, 4) is 11.5 Å². The van der Waals surface area contributed by atoms with Crippen LogP contribution in [0.1, 0.15) is 54.1 Å². The summed E-state index contributed by atoms with van der Waals surface area (Å²) in [5.41, 5.74) is 6.06. The number of unbranched alkanes of at least 4 members (excludes halogenated alkanes) is 1. The average Bonchev–Trinajstić information content (AvgIpc) is 3.46. The van der Waals surface area contributed by atoms with Crippen molar-refractivity contribution in [3.05, 3.63) is 77.0 Å². The van der Waals surface area contributed by atoms with Gasteiger partial charge in [0.15, 0.2) is 11.5 Å². The summed E-state index contributed by atoms with van der Waals surface area (Å²) in [6.07, 6.45) is 6.31. The van der Waals surface area contributed by atoms with Gasteiger partial charge in [-0.1, -0.05) is 43.7 Å². The van der Waals surface area contributed by atoms with Crippen LogP contribution < -0.4 is 9.47 Å². The van der Waals surface area contributed by atoms with E-state index in [4.69, 9.17) is 9.47 Å². The van der Waals surface area contributed by atoms with Crippen molar-refractivity contribution in [1.29, 1.82) is 0 Å². The molecule has 2 aromatic carbocycles. The normalized spacial score (nSPS) is 16.2. The second-order valence-corrected chi connectivity index (χ2v) is 8.73. The van der Waals surface area contributed by atoms with E-state index in [0.29, 0.717) is 0 Å². The molecule has 0 radical (unpaired) electrons. The molecule has 6 heteroatoms. The number of nitrogens with zero attached hydrogens (tertiary/aromatic N) is 2. The predicted molar refractivity (Wildman–Crippen MR) is 131 cm³/mol. The van der Waals surface area contributed by atoms with Gasteiger partial charge < -0.3 is 19.4 Å². The summed E-state index contributed by atoms with van der Waals surface area (Å²) < 4.78 is 11.5. The van der Waals surface area contributed by atoms with Gasteiger partial charge in [0.25, 0.3) is 0 Å². The number of hydrogen-bond acceptors (Lipinski definition) is 4. The van der Waals surface area contributed by atoms with Crippen LogP contribution in [-0.2, 0) is 19.4 Å². The fourth-order valence-corrected chi connectivity index (χ4v) is 5.12. The van der Waals surface area contributed by atoms with Crippen LogP contribution in [0, 0.1) is 0 Å². The molecule has 1 aliphatic heterocycles. The van der Waals surface area contributed by atoms with Crippen LogP contribution in [0.2, 0.25) is 0 Å². The maximum Gasteiger partial charge on any atom is 0.165 e. The van der Waals surface area contributed by atoms with E-state index in [9.17, 15) is 0 Å². The fraction of sp³-hybridized carbons (Fsp3) is 0.370. The van der Waals surface area contributed by atoms with Crippen molar-refractivity contribution in [1.82, 2.24) is 19.9 Å². The maximum absolute atomic E-state index is 5.87. The Morgan fingerprint density at radius 3 is 2.76 bits per heavy atom. The lowest BCUT2D eigenvalue weighted by atomic mass is 9.91. The van der Waals surface area contributed by atoms with Crippen LogP contribution in [0.5, 0.6) is 11.5 Å². The standard InChI is InChI=1S/C27H32N4O2/c1-4-5-13-24-28-16-18(29-24)17-31-15-14-20-19-9-6-7-11-22(19)30-25(20)26(31)21-10-8-12-23(32-2)27(21)33-3/h6-12,16,26,30H,4-5,13-15,17H2,1-3H3,(H,28,29). The summed E-state index contributed by atoms with van der Waals surface area (Å²) in [5.74, 6) is 2.61. The first-order valence-electron chi connectivity index (χ1n) is 11.8. The van der Waals surface area contributed by atoms with Crippen LogP contribution in [-0.4, -0.2) is 40.6 Å². The summed E-state index contributed by atoms with van der Waals surface area (Å²) in [6, 6.07) is 14.8. The number of ether oxygens (including phenoxy) is 2. The summed E-state index contributed by atoms with van der Waals surface area (Å²) >= 11 is 0. The molecule has 0 amide bonds. The number of imidazole rings is 1. The molecular formula is C27H32N4O2. The molecule has 6 nitrogen and oxygen atoms in total. The number of rotatable bonds is 8. The second-order valence-electron chi connectivity index (χ2n) is 8.73. The number of nitrogens with one attached hydrogen (secondary N) is 2. The van der Waals surface area contributed by atoms with Crippen molar-refractivity contribution in [2.45, 2.75) is 45.2 Å². The number of methoxy groups -OCH3 is 2. The highest BCUT2D eigenvalue weighted by Gasteiger charge is 2.34. The highest BCUT2D eigenvalue weighted by atomic mass is 16.5. The van der Waals surface area contributed by atoms with Crippen molar-refractivity contribution >= 4 is 10.9 Å². The van der Waals surface area contributed by atoms with Crippen LogP contribution in [0.3, 0.4) is 0 Å². The molecule has 0 spiro atoms. The smallest absolute Gasteiger partial charge is 0.165 e. The monoisotopic (exact) mass is 444 g/mol. The van der Waals surface area contributed by atoms with E-state index in [0.717, 1.165) is 60.9 Å². The van der Waals surface area contributed by atoms with Gasteiger partial charge in [-0.3, -0.25) is 4.90 Å². The molecule has 0 bridgehead atoms. The molecule has 2 aromatic heterocycles. The molecule has 0 aliphatic carbocycles. The van der Waals surface area contributed by atoms with Gasteiger partial charge in [0, 0.05) is 53.6 Å². The topological polar surface area (TPSA) is 66.2 Å². The number of fused-ring (bicyclic) bond motifs is 3. The maximum atomic E-state index is 5.87. The number of hydrogen-bond donors (Lipinski definition) is 2. The minimum atomic E-state index is 0.0218. The fourth-order valence-electron chi connectivity index (χ4n) is 5.12. The SMILES string of the molecule is CCCCc1ncc(CN2CCc3c([nH]c4ccccc34)C2c2cccc(OC)c2OC)[nH]1. The zero-order valence-electron chi connectivity index (χ0n) is 19.6. The molecule has 0 saturated carbocycles. The van der Waals surface area contributed by atoms with E-state index in [2.05, 4.69) is 57.1 Å². The number of para-hydroxylation sites is 2. The third kappa shape index (κ3) is 4.00. The van der Waals surface area contributed by atoms with Crippen molar-refractivity contribution in [2.24, 2.45) is 0 Å². The van der Waals surface area contributed by atoms with E-state index in [1.165, 1.54) is 28.6 Å². The van der Waals surface area contributed by atoms with Gasteiger partial charge in [0.2, 0.25) is 0 Å². The highest BCUT2D eigenvalue weighted by Crippen LogP contribution is 2.44. The third-order valence-corrected chi connectivity index (χ3v) is 6.68. The Bertz CT molecular complexity index is 1240. The molecule has 0 fully saturated rings. The molecule has 2 N–H and O–H groups in total. The molecule has 3 heterocycles. The molecule has 0 saturated heterocycles. The van der Waals surface area contributed by atoms with Gasteiger partial charge in [-0.05, 0) is 30.5 Å². The van der Waals surface area contributed by atoms with Crippen molar-refractivity contribution < 1.29 is 9.47 Å². The van der Waals surface area contributed by atoms with E-state index in [-0.39, 0.29) is 6.04 Å². The van der Waals surface area contributed by atoms with E-state index < -0.39 is 0 Å². The van der Waals surface area contributed by atoms with Crippen LogP contribution >= 0.6 is 0 Å². The quantitative estimate of drug-likeness (QED) is 0.382. The van der Waals surface area contributed by atoms with Gasteiger partial charge in [-0.25, -0.2) is 4.98 Å². The first kappa shape index (κ1) is 21.6. The van der Waals surface area contributed by atoms with E-state index >= 15 is 0 Å². The van der Waals surface area contributed by atoms with Crippen LogP contribution in [0.15, 0.2) is 48.7 Å². The van der Waals surface area contributed by atoms with E-state index in [1.54, 1.807) is 14.2 Å². The highest BCUT2D eigenvalue weighted by molar-refractivity contribution is 5.85. The first-order valence-corrected chi connectivity index (χ1v) is 11.8. The van der Waals surface area contributed by atoms with Gasteiger partial charge >= 0.3 is 0 Å². The summed E-state index contributed by atoms with van der Waals surface area (Å²) in [4.78, 5) is 14.4. The first-order chi connectivity index (χ1) is 16.2. The van der Waals surface area contributed by atoms with Crippen LogP contribution in [0.25, 0.3) is 10.9 Å². The molecule has 4 aromatic rings. The Hall–Kier alpha value is -3.25. The Morgan fingerprint density at radius 1 is 1.06 bits per heavy atom. The van der Waals surface area contributed by atoms with Gasteiger partial charge in [-0.15, -0.1) is 0 Å². The Labute approximate surface area is 194 Å². The van der Waals surface area contributed by atoms with Gasteiger partial charge in [0.1, 0.15) is 5.82 Å². The second kappa shape index (κ2) is 9.32. The minimum Gasteiger partial charge on any atom is -0.493 e. The third-order valence-electron chi connectivity index (χ3n) is 6.68. The molecular weight excluding hydrogens is 412 g/mol.